The second-order valence-corrected chi connectivity index (χ2v) is 6.48. The highest BCUT2D eigenvalue weighted by molar-refractivity contribution is 5.81. The first kappa shape index (κ1) is 17.5. The minimum absolute atomic E-state index is 0.0674. The van der Waals surface area contributed by atoms with Gasteiger partial charge in [0.05, 0.1) is 6.54 Å². The van der Waals surface area contributed by atoms with Crippen molar-refractivity contribution in [2.75, 3.05) is 25.0 Å². The summed E-state index contributed by atoms with van der Waals surface area (Å²) in [6, 6.07) is 8.34. The number of carbonyl (C=O) groups is 1. The molecule has 0 aliphatic carbocycles. The van der Waals surface area contributed by atoms with Crippen molar-refractivity contribution in [3.05, 3.63) is 29.8 Å². The van der Waals surface area contributed by atoms with E-state index in [9.17, 15) is 4.79 Å². The maximum Gasteiger partial charge on any atom is 0.239 e. The number of likely N-dealkylation sites (N-methyl/N-ethyl adjacent to an activating group) is 1. The number of carbonyl (C=O) groups excluding carboxylic acids is 1. The molecule has 21 heavy (non-hydrogen) atoms. The molecule has 1 aromatic rings. The second-order valence-electron chi connectivity index (χ2n) is 6.48. The lowest BCUT2D eigenvalue weighted by atomic mass is 10.1. The molecule has 0 fully saturated rings. The van der Waals surface area contributed by atoms with Crippen LogP contribution in [0.15, 0.2) is 24.3 Å². The van der Waals surface area contributed by atoms with E-state index < -0.39 is 0 Å². The monoisotopic (exact) mass is 291 g/mol. The van der Waals surface area contributed by atoms with E-state index in [1.807, 2.05) is 18.9 Å². The molecule has 0 radical (unpaired) electrons. The summed E-state index contributed by atoms with van der Waals surface area (Å²) in [5.41, 5.74) is 2.42. The molecule has 0 aliphatic rings. The molecule has 0 saturated heterocycles. The van der Waals surface area contributed by atoms with Gasteiger partial charge in [0.15, 0.2) is 0 Å². The predicted molar refractivity (Wildman–Crippen MR) is 89.6 cm³/mol. The maximum atomic E-state index is 11.7. The fourth-order valence-electron chi connectivity index (χ4n) is 1.86. The SMILES string of the molecule is CCCNC(=O)CN(C)c1ccc(CNC(C)(C)C)cc1. The summed E-state index contributed by atoms with van der Waals surface area (Å²) in [5.74, 6) is 0.0674. The summed E-state index contributed by atoms with van der Waals surface area (Å²) < 4.78 is 0. The van der Waals surface area contributed by atoms with Crippen molar-refractivity contribution >= 4 is 11.6 Å². The summed E-state index contributed by atoms with van der Waals surface area (Å²) >= 11 is 0. The van der Waals surface area contributed by atoms with Crippen LogP contribution in [0.3, 0.4) is 0 Å². The minimum atomic E-state index is 0.0674. The molecule has 0 heterocycles. The Kier molecular flexibility index (Phi) is 6.69. The number of nitrogens with zero attached hydrogens (tertiary/aromatic N) is 1. The van der Waals surface area contributed by atoms with Crippen molar-refractivity contribution < 1.29 is 4.79 Å². The van der Waals surface area contributed by atoms with Crippen LogP contribution < -0.4 is 15.5 Å². The largest absolute Gasteiger partial charge is 0.365 e. The number of benzene rings is 1. The number of amides is 1. The fraction of sp³-hybridized carbons (Fsp3) is 0.588. The molecule has 4 heteroatoms. The van der Waals surface area contributed by atoms with Gasteiger partial charge in [-0.1, -0.05) is 19.1 Å². The Hall–Kier alpha value is -1.55. The van der Waals surface area contributed by atoms with E-state index in [0.29, 0.717) is 6.54 Å². The molecule has 0 aliphatic heterocycles. The number of nitrogens with one attached hydrogen (secondary N) is 2. The normalized spacial score (nSPS) is 11.3. The highest BCUT2D eigenvalue weighted by Gasteiger charge is 2.09. The van der Waals surface area contributed by atoms with Crippen molar-refractivity contribution in [2.45, 2.75) is 46.2 Å². The van der Waals surface area contributed by atoms with Crippen LogP contribution in [0.5, 0.6) is 0 Å². The molecule has 2 N–H and O–H groups in total. The zero-order chi connectivity index (χ0) is 15.9. The van der Waals surface area contributed by atoms with Crippen LogP contribution >= 0.6 is 0 Å². The minimum Gasteiger partial charge on any atom is -0.365 e. The first-order valence-electron chi connectivity index (χ1n) is 7.63. The van der Waals surface area contributed by atoms with E-state index >= 15 is 0 Å². The van der Waals surface area contributed by atoms with E-state index in [4.69, 9.17) is 0 Å². The first-order chi connectivity index (χ1) is 9.81. The van der Waals surface area contributed by atoms with Gasteiger partial charge in [0.1, 0.15) is 0 Å². The van der Waals surface area contributed by atoms with Crippen LogP contribution in [-0.4, -0.2) is 31.6 Å². The zero-order valence-corrected chi connectivity index (χ0v) is 14.0. The van der Waals surface area contributed by atoms with Gasteiger partial charge in [-0.05, 0) is 44.9 Å². The van der Waals surface area contributed by atoms with E-state index in [-0.39, 0.29) is 11.4 Å². The van der Waals surface area contributed by atoms with E-state index in [2.05, 4.69) is 55.7 Å². The van der Waals surface area contributed by atoms with E-state index in [1.54, 1.807) is 0 Å². The molecule has 0 spiro atoms. The van der Waals surface area contributed by atoms with Gasteiger partial charge in [0.25, 0.3) is 0 Å². The van der Waals surface area contributed by atoms with E-state index in [0.717, 1.165) is 25.2 Å². The number of rotatable bonds is 7. The van der Waals surface area contributed by atoms with Crippen molar-refractivity contribution in [3.8, 4) is 0 Å². The van der Waals surface area contributed by atoms with Gasteiger partial charge in [-0.25, -0.2) is 0 Å². The van der Waals surface area contributed by atoms with Gasteiger partial charge in [0.2, 0.25) is 5.91 Å². The Bertz CT molecular complexity index is 434. The smallest absolute Gasteiger partial charge is 0.239 e. The third-order valence-corrected chi connectivity index (χ3v) is 3.15. The Morgan fingerprint density at radius 2 is 1.81 bits per heavy atom. The lowest BCUT2D eigenvalue weighted by molar-refractivity contribution is -0.119. The van der Waals surface area contributed by atoms with Crippen LogP contribution in [0, 0.1) is 0 Å². The van der Waals surface area contributed by atoms with Crippen LogP contribution in [0.4, 0.5) is 5.69 Å². The topological polar surface area (TPSA) is 44.4 Å². The predicted octanol–water partition coefficient (Wildman–Crippen LogP) is 2.54. The third kappa shape index (κ3) is 7.14. The third-order valence-electron chi connectivity index (χ3n) is 3.15. The molecule has 1 aromatic carbocycles. The van der Waals surface area contributed by atoms with Gasteiger partial charge in [-0.15, -0.1) is 0 Å². The average molecular weight is 291 g/mol. The zero-order valence-electron chi connectivity index (χ0n) is 14.0. The molecule has 0 saturated carbocycles. The molecule has 1 rings (SSSR count). The standard InChI is InChI=1S/C17H29N3O/c1-6-11-18-16(21)13-20(5)15-9-7-14(8-10-15)12-19-17(2,3)4/h7-10,19H,6,11-13H2,1-5H3,(H,18,21). The van der Waals surface area contributed by atoms with Crippen LogP contribution in [0.1, 0.15) is 39.7 Å². The quantitative estimate of drug-likeness (QED) is 0.811. The van der Waals surface area contributed by atoms with Crippen molar-refractivity contribution in [1.29, 1.82) is 0 Å². The maximum absolute atomic E-state index is 11.7. The number of anilines is 1. The van der Waals surface area contributed by atoms with Gasteiger partial charge >= 0.3 is 0 Å². The van der Waals surface area contributed by atoms with Gasteiger partial charge in [-0.2, -0.15) is 0 Å². The van der Waals surface area contributed by atoms with Gasteiger partial charge in [0, 0.05) is 31.4 Å². The highest BCUT2D eigenvalue weighted by Crippen LogP contribution is 2.14. The summed E-state index contributed by atoms with van der Waals surface area (Å²) in [7, 11) is 1.94. The van der Waals surface area contributed by atoms with Gasteiger partial charge in [-0.3, -0.25) is 4.79 Å². The molecule has 1 amide bonds. The molecule has 0 unspecified atom stereocenters. The molecule has 118 valence electrons. The Morgan fingerprint density at radius 3 is 2.33 bits per heavy atom. The molecule has 0 aromatic heterocycles. The number of hydrogen-bond acceptors (Lipinski definition) is 3. The van der Waals surface area contributed by atoms with Crippen molar-refractivity contribution in [2.24, 2.45) is 0 Å². The van der Waals surface area contributed by atoms with Crippen LogP contribution in [0.2, 0.25) is 0 Å². The van der Waals surface area contributed by atoms with Gasteiger partial charge < -0.3 is 15.5 Å². The lowest BCUT2D eigenvalue weighted by Gasteiger charge is -2.21. The molecule has 0 atom stereocenters. The van der Waals surface area contributed by atoms with Crippen LogP contribution in [-0.2, 0) is 11.3 Å². The Balaban J connectivity index is 2.51. The second kappa shape index (κ2) is 8.03. The number of hydrogen-bond donors (Lipinski definition) is 2. The molecule has 4 nitrogen and oxygen atoms in total. The Morgan fingerprint density at radius 1 is 1.19 bits per heavy atom. The van der Waals surface area contributed by atoms with Crippen molar-refractivity contribution in [3.63, 3.8) is 0 Å². The van der Waals surface area contributed by atoms with Crippen LogP contribution in [0.25, 0.3) is 0 Å². The van der Waals surface area contributed by atoms with E-state index in [1.165, 1.54) is 5.56 Å². The molecular formula is C17H29N3O. The first-order valence-corrected chi connectivity index (χ1v) is 7.63. The Labute approximate surface area is 128 Å². The summed E-state index contributed by atoms with van der Waals surface area (Å²) in [6.07, 6.45) is 0.963. The molecule has 0 bridgehead atoms. The molecular weight excluding hydrogens is 262 g/mol. The average Bonchev–Trinajstić information content (AvgIpc) is 2.42. The lowest BCUT2D eigenvalue weighted by Crippen LogP contribution is -2.35. The summed E-state index contributed by atoms with van der Waals surface area (Å²) in [4.78, 5) is 13.7. The van der Waals surface area contributed by atoms with Crippen molar-refractivity contribution in [1.82, 2.24) is 10.6 Å². The fourth-order valence-corrected chi connectivity index (χ4v) is 1.86. The summed E-state index contributed by atoms with van der Waals surface area (Å²) in [6.45, 7) is 10.5. The highest BCUT2D eigenvalue weighted by atomic mass is 16.2. The summed E-state index contributed by atoms with van der Waals surface area (Å²) in [5, 5.41) is 6.36.